The molecular weight excluding hydrogens is 306 g/mol. The highest BCUT2D eigenvalue weighted by atomic mass is 79.9. The van der Waals surface area contributed by atoms with Gasteiger partial charge in [0.15, 0.2) is 0 Å². The van der Waals surface area contributed by atoms with Gasteiger partial charge in [0.1, 0.15) is 25.0 Å². The van der Waals surface area contributed by atoms with Gasteiger partial charge in [0.25, 0.3) is 0 Å². The fourth-order valence-electron chi connectivity index (χ4n) is 2.51. The SMILES string of the molecule is CC1CC[NH+](C[C@H](O)COc2ccccc2Br)CC1. The van der Waals surface area contributed by atoms with Gasteiger partial charge in [-0.2, -0.15) is 0 Å². The molecule has 4 heteroatoms. The highest BCUT2D eigenvalue weighted by molar-refractivity contribution is 9.10. The molecule has 1 aliphatic rings. The van der Waals surface area contributed by atoms with Crippen molar-refractivity contribution in [1.82, 2.24) is 0 Å². The lowest BCUT2D eigenvalue weighted by atomic mass is 9.99. The zero-order valence-electron chi connectivity index (χ0n) is 11.4. The standard InChI is InChI=1S/C15H22BrNO2/c1-12-6-8-17(9-7-12)10-13(18)11-19-15-5-3-2-4-14(15)16/h2-5,12-13,18H,6-11H2,1H3/p+1/t13-/m0/s1. The third kappa shape index (κ3) is 4.79. The third-order valence-corrected chi connectivity index (χ3v) is 4.43. The molecule has 1 fully saturated rings. The zero-order valence-corrected chi connectivity index (χ0v) is 13.0. The lowest BCUT2D eigenvalue weighted by molar-refractivity contribution is -0.909. The summed E-state index contributed by atoms with van der Waals surface area (Å²) in [4.78, 5) is 1.50. The highest BCUT2D eigenvalue weighted by Crippen LogP contribution is 2.23. The molecule has 0 aromatic heterocycles. The third-order valence-electron chi connectivity index (χ3n) is 3.77. The number of para-hydroxylation sites is 1. The lowest BCUT2D eigenvalue weighted by Gasteiger charge is -2.28. The summed E-state index contributed by atoms with van der Waals surface area (Å²) in [5.74, 6) is 1.64. The van der Waals surface area contributed by atoms with Crippen LogP contribution < -0.4 is 9.64 Å². The Bertz CT molecular complexity index is 391. The molecule has 0 radical (unpaired) electrons. The highest BCUT2D eigenvalue weighted by Gasteiger charge is 2.21. The molecule has 1 aromatic rings. The Morgan fingerprint density at radius 2 is 2.05 bits per heavy atom. The second kappa shape index (κ2) is 7.27. The van der Waals surface area contributed by atoms with Gasteiger partial charge in [0, 0.05) is 0 Å². The first kappa shape index (κ1) is 14.8. The summed E-state index contributed by atoms with van der Waals surface area (Å²) in [6.45, 7) is 5.81. The lowest BCUT2D eigenvalue weighted by Crippen LogP contribution is -3.14. The topological polar surface area (TPSA) is 33.9 Å². The van der Waals surface area contributed by atoms with Gasteiger partial charge in [-0.05, 0) is 46.8 Å². The smallest absolute Gasteiger partial charge is 0.137 e. The summed E-state index contributed by atoms with van der Waals surface area (Å²) >= 11 is 3.44. The normalized spacial score (nSPS) is 25.0. The van der Waals surface area contributed by atoms with E-state index in [9.17, 15) is 5.11 Å². The Morgan fingerprint density at radius 3 is 2.74 bits per heavy atom. The molecule has 0 saturated carbocycles. The number of quaternary nitrogens is 1. The zero-order chi connectivity index (χ0) is 13.7. The van der Waals surface area contributed by atoms with Crippen LogP contribution in [0.2, 0.25) is 0 Å². The largest absolute Gasteiger partial charge is 0.489 e. The van der Waals surface area contributed by atoms with Crippen molar-refractivity contribution in [3.63, 3.8) is 0 Å². The van der Waals surface area contributed by atoms with Crippen molar-refractivity contribution in [2.45, 2.75) is 25.9 Å². The first-order valence-corrected chi connectivity index (χ1v) is 7.83. The van der Waals surface area contributed by atoms with Crippen LogP contribution in [0.15, 0.2) is 28.7 Å². The van der Waals surface area contributed by atoms with E-state index in [0.29, 0.717) is 6.61 Å². The molecule has 1 heterocycles. The molecule has 0 bridgehead atoms. The van der Waals surface area contributed by atoms with E-state index in [4.69, 9.17) is 4.74 Å². The molecule has 19 heavy (non-hydrogen) atoms. The van der Waals surface area contributed by atoms with Gasteiger partial charge in [0.2, 0.25) is 0 Å². The summed E-state index contributed by atoms with van der Waals surface area (Å²) in [6.07, 6.45) is 2.15. The average Bonchev–Trinajstić information content (AvgIpc) is 2.40. The van der Waals surface area contributed by atoms with Crippen LogP contribution in [-0.2, 0) is 0 Å². The van der Waals surface area contributed by atoms with Crippen LogP contribution >= 0.6 is 15.9 Å². The molecule has 0 amide bonds. The monoisotopic (exact) mass is 328 g/mol. The van der Waals surface area contributed by atoms with E-state index in [-0.39, 0.29) is 0 Å². The molecule has 2 N–H and O–H groups in total. The van der Waals surface area contributed by atoms with E-state index in [0.717, 1.165) is 22.7 Å². The van der Waals surface area contributed by atoms with Gasteiger partial charge < -0.3 is 14.7 Å². The number of ether oxygens (including phenoxy) is 1. The summed E-state index contributed by atoms with van der Waals surface area (Å²) in [5, 5.41) is 10.1. The second-order valence-corrected chi connectivity index (χ2v) is 6.39. The molecule has 1 saturated heterocycles. The van der Waals surface area contributed by atoms with Crippen molar-refractivity contribution in [1.29, 1.82) is 0 Å². The van der Waals surface area contributed by atoms with Gasteiger partial charge in [0.05, 0.1) is 17.6 Å². The molecule has 0 spiro atoms. The van der Waals surface area contributed by atoms with Crippen LogP contribution in [0.3, 0.4) is 0 Å². The molecular formula is C15H23BrNO2+. The molecule has 0 unspecified atom stereocenters. The van der Waals surface area contributed by atoms with Crippen molar-refractivity contribution in [3.05, 3.63) is 28.7 Å². The number of rotatable bonds is 5. The predicted octanol–water partition coefficient (Wildman–Crippen LogP) is 1.50. The molecule has 1 atom stereocenters. The van der Waals surface area contributed by atoms with Crippen molar-refractivity contribution < 1.29 is 14.7 Å². The van der Waals surface area contributed by atoms with Gasteiger partial charge >= 0.3 is 0 Å². The van der Waals surface area contributed by atoms with E-state index in [2.05, 4.69) is 22.9 Å². The number of aliphatic hydroxyl groups excluding tert-OH is 1. The van der Waals surface area contributed by atoms with Gasteiger partial charge in [-0.15, -0.1) is 0 Å². The fourth-order valence-corrected chi connectivity index (χ4v) is 2.91. The molecule has 2 rings (SSSR count). The van der Waals surface area contributed by atoms with Crippen LogP contribution in [0, 0.1) is 5.92 Å². The molecule has 1 aromatic carbocycles. The van der Waals surface area contributed by atoms with Crippen LogP contribution in [0.5, 0.6) is 5.75 Å². The van der Waals surface area contributed by atoms with E-state index >= 15 is 0 Å². The van der Waals surface area contributed by atoms with E-state index in [1.165, 1.54) is 30.8 Å². The summed E-state index contributed by atoms with van der Waals surface area (Å²) in [6, 6.07) is 7.74. The fraction of sp³-hybridized carbons (Fsp3) is 0.600. The number of aliphatic hydroxyl groups is 1. The van der Waals surface area contributed by atoms with E-state index < -0.39 is 6.10 Å². The number of halogens is 1. The first-order valence-electron chi connectivity index (χ1n) is 7.04. The number of likely N-dealkylation sites (tertiary alicyclic amines) is 1. The number of nitrogens with one attached hydrogen (secondary N) is 1. The van der Waals surface area contributed by atoms with Crippen LogP contribution in [0.25, 0.3) is 0 Å². The van der Waals surface area contributed by atoms with Crippen molar-refractivity contribution in [2.24, 2.45) is 5.92 Å². The Morgan fingerprint density at radius 1 is 1.37 bits per heavy atom. The van der Waals surface area contributed by atoms with E-state index in [1.807, 2.05) is 24.3 Å². The molecule has 3 nitrogen and oxygen atoms in total. The Balaban J connectivity index is 1.73. The van der Waals surface area contributed by atoms with Crippen LogP contribution in [0.4, 0.5) is 0 Å². The van der Waals surface area contributed by atoms with Crippen LogP contribution in [0.1, 0.15) is 19.8 Å². The molecule has 1 aliphatic heterocycles. The minimum Gasteiger partial charge on any atom is -0.489 e. The van der Waals surface area contributed by atoms with Crippen molar-refractivity contribution in [3.8, 4) is 5.75 Å². The van der Waals surface area contributed by atoms with Gasteiger partial charge in [-0.25, -0.2) is 0 Å². The minimum atomic E-state index is -0.393. The summed E-state index contributed by atoms with van der Waals surface area (Å²) in [7, 11) is 0. The number of benzene rings is 1. The summed E-state index contributed by atoms with van der Waals surface area (Å²) in [5.41, 5.74) is 0. The Kier molecular flexibility index (Phi) is 5.67. The number of hydrogen-bond donors (Lipinski definition) is 2. The van der Waals surface area contributed by atoms with E-state index in [1.54, 1.807) is 0 Å². The summed E-state index contributed by atoms with van der Waals surface area (Å²) < 4.78 is 6.58. The van der Waals surface area contributed by atoms with Crippen molar-refractivity contribution >= 4 is 15.9 Å². The first-order chi connectivity index (χ1) is 9.15. The number of hydrogen-bond acceptors (Lipinski definition) is 2. The average molecular weight is 329 g/mol. The quantitative estimate of drug-likeness (QED) is 0.859. The maximum absolute atomic E-state index is 10.1. The molecule has 0 aliphatic carbocycles. The van der Waals surface area contributed by atoms with Crippen LogP contribution in [-0.4, -0.2) is 37.5 Å². The second-order valence-electron chi connectivity index (χ2n) is 5.53. The van der Waals surface area contributed by atoms with Crippen molar-refractivity contribution in [2.75, 3.05) is 26.2 Å². The number of piperidine rings is 1. The van der Waals surface area contributed by atoms with Gasteiger partial charge in [-0.3, -0.25) is 0 Å². The maximum atomic E-state index is 10.1. The molecule has 106 valence electrons. The van der Waals surface area contributed by atoms with Gasteiger partial charge in [-0.1, -0.05) is 19.1 Å². The Hall–Kier alpha value is -0.580. The Labute approximate surface area is 123 Å². The predicted molar refractivity (Wildman–Crippen MR) is 79.6 cm³/mol. The maximum Gasteiger partial charge on any atom is 0.137 e. The minimum absolute atomic E-state index is 0.363.